The van der Waals surface area contributed by atoms with Crippen LogP contribution in [0.4, 0.5) is 17.2 Å². The van der Waals surface area contributed by atoms with Crippen LogP contribution in [-0.4, -0.2) is 55.3 Å². The standard InChI is InChI=1S/C19H25N5O2/c1-3-23(4-2)16-7-5-15(6-8-16)22-19(25)17-13-21-18(14-20-17)24-9-11-26-12-10-24/h5-8,13-14H,3-4,9-12H2,1-2H3,(H,22,25). The molecular formula is C19H25N5O2. The van der Waals surface area contributed by atoms with Crippen molar-refractivity contribution in [3.63, 3.8) is 0 Å². The summed E-state index contributed by atoms with van der Waals surface area (Å²) in [6, 6.07) is 7.83. The number of hydrogen-bond donors (Lipinski definition) is 1. The third kappa shape index (κ3) is 4.29. The molecule has 1 N–H and O–H groups in total. The van der Waals surface area contributed by atoms with Gasteiger partial charge in [0.1, 0.15) is 11.5 Å². The highest BCUT2D eigenvalue weighted by Crippen LogP contribution is 2.18. The van der Waals surface area contributed by atoms with Gasteiger partial charge in [-0.2, -0.15) is 0 Å². The summed E-state index contributed by atoms with van der Waals surface area (Å²) in [6.07, 6.45) is 3.16. The third-order valence-electron chi connectivity index (χ3n) is 4.46. The summed E-state index contributed by atoms with van der Waals surface area (Å²) in [5, 5.41) is 2.87. The molecule has 0 radical (unpaired) electrons. The Hall–Kier alpha value is -2.67. The quantitative estimate of drug-likeness (QED) is 0.858. The molecule has 1 aliphatic heterocycles. The molecule has 0 atom stereocenters. The molecule has 26 heavy (non-hydrogen) atoms. The van der Waals surface area contributed by atoms with E-state index in [1.54, 1.807) is 6.20 Å². The molecule has 1 amide bonds. The van der Waals surface area contributed by atoms with Crippen LogP contribution in [-0.2, 0) is 4.74 Å². The van der Waals surface area contributed by atoms with Crippen molar-refractivity contribution in [2.75, 3.05) is 54.5 Å². The molecule has 7 heteroatoms. The molecule has 1 aromatic carbocycles. The predicted octanol–water partition coefficient (Wildman–Crippen LogP) is 2.41. The van der Waals surface area contributed by atoms with Gasteiger partial charge in [-0.1, -0.05) is 0 Å². The largest absolute Gasteiger partial charge is 0.378 e. The monoisotopic (exact) mass is 355 g/mol. The topological polar surface area (TPSA) is 70.6 Å². The Balaban J connectivity index is 1.62. The fourth-order valence-corrected chi connectivity index (χ4v) is 2.93. The van der Waals surface area contributed by atoms with E-state index in [-0.39, 0.29) is 5.91 Å². The van der Waals surface area contributed by atoms with E-state index in [0.717, 1.165) is 43.4 Å². The van der Waals surface area contributed by atoms with Crippen molar-refractivity contribution in [3.8, 4) is 0 Å². The van der Waals surface area contributed by atoms with Gasteiger partial charge in [0.15, 0.2) is 0 Å². The number of carbonyl (C=O) groups is 1. The SMILES string of the molecule is CCN(CC)c1ccc(NC(=O)c2cnc(N3CCOCC3)cn2)cc1. The molecule has 2 aromatic rings. The number of benzene rings is 1. The van der Waals surface area contributed by atoms with Crippen molar-refractivity contribution in [2.45, 2.75) is 13.8 Å². The molecule has 1 aromatic heterocycles. The summed E-state index contributed by atoms with van der Waals surface area (Å²) in [5.41, 5.74) is 2.18. The Morgan fingerprint density at radius 2 is 1.81 bits per heavy atom. The van der Waals surface area contributed by atoms with Gasteiger partial charge in [0.2, 0.25) is 0 Å². The van der Waals surface area contributed by atoms with E-state index in [2.05, 4.69) is 38.9 Å². The van der Waals surface area contributed by atoms with Gasteiger partial charge in [0.25, 0.3) is 5.91 Å². The molecule has 0 unspecified atom stereocenters. The van der Waals surface area contributed by atoms with Crippen LogP contribution in [0.25, 0.3) is 0 Å². The van der Waals surface area contributed by atoms with Gasteiger partial charge in [0, 0.05) is 37.6 Å². The van der Waals surface area contributed by atoms with E-state index in [9.17, 15) is 4.79 Å². The molecule has 3 rings (SSSR count). The van der Waals surface area contributed by atoms with E-state index < -0.39 is 0 Å². The Labute approximate surface area is 154 Å². The summed E-state index contributed by atoms with van der Waals surface area (Å²) in [7, 11) is 0. The second-order valence-electron chi connectivity index (χ2n) is 6.03. The van der Waals surface area contributed by atoms with Gasteiger partial charge in [-0.3, -0.25) is 4.79 Å². The molecule has 1 aliphatic rings. The van der Waals surface area contributed by atoms with Crippen LogP contribution in [0.5, 0.6) is 0 Å². The van der Waals surface area contributed by atoms with Gasteiger partial charge in [-0.05, 0) is 38.1 Å². The van der Waals surface area contributed by atoms with Crippen LogP contribution in [0.15, 0.2) is 36.7 Å². The van der Waals surface area contributed by atoms with Crippen molar-refractivity contribution in [1.29, 1.82) is 0 Å². The molecule has 0 spiro atoms. The molecule has 0 saturated carbocycles. The molecule has 0 bridgehead atoms. The van der Waals surface area contributed by atoms with Crippen molar-refractivity contribution in [3.05, 3.63) is 42.4 Å². The predicted molar refractivity (Wildman–Crippen MR) is 103 cm³/mol. The molecule has 138 valence electrons. The van der Waals surface area contributed by atoms with Crippen LogP contribution in [0, 0.1) is 0 Å². The van der Waals surface area contributed by atoms with Gasteiger partial charge >= 0.3 is 0 Å². The fraction of sp³-hybridized carbons (Fsp3) is 0.421. The minimum Gasteiger partial charge on any atom is -0.378 e. The summed E-state index contributed by atoms with van der Waals surface area (Å²) >= 11 is 0. The van der Waals surface area contributed by atoms with E-state index in [1.807, 2.05) is 24.3 Å². The van der Waals surface area contributed by atoms with Crippen molar-refractivity contribution in [2.24, 2.45) is 0 Å². The zero-order valence-electron chi connectivity index (χ0n) is 15.3. The van der Waals surface area contributed by atoms with Gasteiger partial charge in [0.05, 0.1) is 25.6 Å². The lowest BCUT2D eigenvalue weighted by Crippen LogP contribution is -2.36. The normalized spacial score (nSPS) is 14.2. The van der Waals surface area contributed by atoms with Gasteiger partial charge in [-0.15, -0.1) is 0 Å². The number of aromatic nitrogens is 2. The number of amides is 1. The van der Waals surface area contributed by atoms with Gasteiger partial charge in [-0.25, -0.2) is 9.97 Å². The molecular weight excluding hydrogens is 330 g/mol. The zero-order valence-corrected chi connectivity index (χ0v) is 15.3. The van der Waals surface area contributed by atoms with Crippen LogP contribution >= 0.6 is 0 Å². The van der Waals surface area contributed by atoms with Crippen LogP contribution in [0.2, 0.25) is 0 Å². The molecule has 2 heterocycles. The number of rotatable bonds is 6. The summed E-state index contributed by atoms with van der Waals surface area (Å²) < 4.78 is 5.33. The fourth-order valence-electron chi connectivity index (χ4n) is 2.93. The van der Waals surface area contributed by atoms with Crippen LogP contribution in [0.1, 0.15) is 24.3 Å². The summed E-state index contributed by atoms with van der Waals surface area (Å²) in [6.45, 7) is 9.11. The highest BCUT2D eigenvalue weighted by Gasteiger charge is 2.14. The Morgan fingerprint density at radius 3 is 2.38 bits per heavy atom. The number of hydrogen-bond acceptors (Lipinski definition) is 6. The second-order valence-corrected chi connectivity index (χ2v) is 6.03. The Morgan fingerprint density at radius 1 is 1.12 bits per heavy atom. The van der Waals surface area contributed by atoms with Crippen LogP contribution < -0.4 is 15.1 Å². The molecule has 0 aliphatic carbocycles. The maximum atomic E-state index is 12.4. The number of morpholine rings is 1. The maximum Gasteiger partial charge on any atom is 0.275 e. The van der Waals surface area contributed by atoms with E-state index in [1.165, 1.54) is 6.20 Å². The van der Waals surface area contributed by atoms with Crippen molar-refractivity contribution >= 4 is 23.1 Å². The lowest BCUT2D eigenvalue weighted by molar-refractivity contribution is 0.102. The van der Waals surface area contributed by atoms with Gasteiger partial charge < -0.3 is 19.9 Å². The first-order valence-corrected chi connectivity index (χ1v) is 9.02. The highest BCUT2D eigenvalue weighted by molar-refractivity contribution is 6.02. The third-order valence-corrected chi connectivity index (χ3v) is 4.46. The lowest BCUT2D eigenvalue weighted by Gasteiger charge is -2.27. The average Bonchev–Trinajstić information content (AvgIpc) is 2.71. The summed E-state index contributed by atoms with van der Waals surface area (Å²) in [5.74, 6) is 0.509. The maximum absolute atomic E-state index is 12.4. The smallest absolute Gasteiger partial charge is 0.275 e. The van der Waals surface area contributed by atoms with E-state index in [4.69, 9.17) is 4.74 Å². The van der Waals surface area contributed by atoms with E-state index >= 15 is 0 Å². The molecule has 1 saturated heterocycles. The number of nitrogens with one attached hydrogen (secondary N) is 1. The number of anilines is 3. The first-order chi connectivity index (χ1) is 12.7. The minimum absolute atomic E-state index is 0.262. The Kier molecular flexibility index (Phi) is 6.01. The molecule has 7 nitrogen and oxygen atoms in total. The first kappa shape index (κ1) is 18.1. The van der Waals surface area contributed by atoms with Crippen LogP contribution in [0.3, 0.4) is 0 Å². The second kappa shape index (κ2) is 8.62. The lowest BCUT2D eigenvalue weighted by atomic mass is 10.2. The number of nitrogens with zero attached hydrogens (tertiary/aromatic N) is 4. The zero-order chi connectivity index (χ0) is 18.4. The molecule has 1 fully saturated rings. The van der Waals surface area contributed by atoms with Crippen molar-refractivity contribution < 1.29 is 9.53 Å². The Bertz CT molecular complexity index is 708. The minimum atomic E-state index is -0.262. The first-order valence-electron chi connectivity index (χ1n) is 9.02. The van der Waals surface area contributed by atoms with Crippen molar-refractivity contribution in [1.82, 2.24) is 9.97 Å². The number of carbonyl (C=O) groups excluding carboxylic acids is 1. The van der Waals surface area contributed by atoms with E-state index in [0.29, 0.717) is 18.9 Å². The number of ether oxygens (including phenoxy) is 1. The highest BCUT2D eigenvalue weighted by atomic mass is 16.5. The average molecular weight is 355 g/mol. The summed E-state index contributed by atoms with van der Waals surface area (Å²) in [4.78, 5) is 25.3.